The second kappa shape index (κ2) is 5.73. The number of nitrogens with zero attached hydrogens (tertiary/aromatic N) is 3. The minimum atomic E-state index is -0.931. The van der Waals surface area contributed by atoms with E-state index >= 15 is 0 Å². The summed E-state index contributed by atoms with van der Waals surface area (Å²) >= 11 is 0. The van der Waals surface area contributed by atoms with Gasteiger partial charge in [-0.15, -0.1) is 0 Å². The number of nitrogens with one attached hydrogen (secondary N) is 1. The number of aromatic nitrogens is 2. The minimum Gasteiger partial charge on any atom is -0.480 e. The summed E-state index contributed by atoms with van der Waals surface area (Å²) < 4.78 is 0. The molecule has 2 N–H and O–H groups in total. The molecule has 0 saturated carbocycles. The smallest absolute Gasteiger partial charge is 0.326 e. The number of hydrogen-bond donors (Lipinski definition) is 2. The first-order valence-electron chi connectivity index (χ1n) is 6.32. The van der Waals surface area contributed by atoms with E-state index < -0.39 is 12.0 Å². The van der Waals surface area contributed by atoms with Gasteiger partial charge in [-0.2, -0.15) is 0 Å². The molecule has 0 spiro atoms. The second-order valence-corrected chi connectivity index (χ2v) is 4.72. The van der Waals surface area contributed by atoms with Gasteiger partial charge in [0, 0.05) is 26.0 Å². The number of urea groups is 1. The van der Waals surface area contributed by atoms with Crippen LogP contribution in [0.25, 0.3) is 0 Å². The molecule has 1 fully saturated rings. The van der Waals surface area contributed by atoms with Gasteiger partial charge < -0.3 is 19.9 Å². The Balaban J connectivity index is 2.02. The van der Waals surface area contributed by atoms with E-state index in [-0.39, 0.29) is 6.03 Å². The van der Waals surface area contributed by atoms with Crippen molar-refractivity contribution in [2.24, 2.45) is 0 Å². The number of likely N-dealkylation sites (tertiary alicyclic amines) is 1. The summed E-state index contributed by atoms with van der Waals surface area (Å²) in [5.74, 6) is -0.251. The van der Waals surface area contributed by atoms with E-state index in [4.69, 9.17) is 5.11 Å². The predicted molar refractivity (Wildman–Crippen MR) is 67.4 cm³/mol. The monoisotopic (exact) mass is 266 g/mol. The maximum Gasteiger partial charge on any atom is 0.326 e. The quantitative estimate of drug-likeness (QED) is 0.850. The summed E-state index contributed by atoms with van der Waals surface area (Å²) in [5.41, 5.74) is 0. The van der Waals surface area contributed by atoms with Crippen LogP contribution in [0.15, 0.2) is 12.4 Å². The number of aliphatic carboxylic acids is 1. The lowest BCUT2D eigenvalue weighted by molar-refractivity contribution is -0.143. The van der Waals surface area contributed by atoms with Gasteiger partial charge in [-0.1, -0.05) is 0 Å². The molecule has 0 radical (unpaired) electrons. The van der Waals surface area contributed by atoms with Gasteiger partial charge in [-0.05, 0) is 19.3 Å². The molecule has 1 unspecified atom stereocenters. The molecule has 1 aromatic heterocycles. The Morgan fingerprint density at radius 3 is 3.00 bits per heavy atom. The fourth-order valence-corrected chi connectivity index (χ4v) is 2.31. The van der Waals surface area contributed by atoms with Crippen LogP contribution < -0.4 is 0 Å². The van der Waals surface area contributed by atoms with Gasteiger partial charge in [0.15, 0.2) is 0 Å². The maximum atomic E-state index is 12.3. The van der Waals surface area contributed by atoms with Gasteiger partial charge in [0.25, 0.3) is 0 Å². The molecule has 19 heavy (non-hydrogen) atoms. The van der Waals surface area contributed by atoms with Crippen LogP contribution in [0.3, 0.4) is 0 Å². The molecule has 1 atom stereocenters. The van der Waals surface area contributed by atoms with Crippen molar-refractivity contribution in [2.75, 3.05) is 13.6 Å². The highest BCUT2D eigenvalue weighted by Crippen LogP contribution is 2.19. The van der Waals surface area contributed by atoms with Gasteiger partial charge in [-0.3, -0.25) is 0 Å². The van der Waals surface area contributed by atoms with Crippen molar-refractivity contribution >= 4 is 12.0 Å². The van der Waals surface area contributed by atoms with Crippen LogP contribution in [0.1, 0.15) is 25.1 Å². The summed E-state index contributed by atoms with van der Waals surface area (Å²) in [6.07, 6.45) is 5.53. The van der Waals surface area contributed by atoms with Gasteiger partial charge in [-0.25, -0.2) is 14.6 Å². The number of rotatable bonds is 3. The first-order valence-corrected chi connectivity index (χ1v) is 6.32. The zero-order chi connectivity index (χ0) is 13.8. The van der Waals surface area contributed by atoms with Crippen molar-refractivity contribution in [3.63, 3.8) is 0 Å². The zero-order valence-corrected chi connectivity index (χ0v) is 10.9. The largest absolute Gasteiger partial charge is 0.480 e. The van der Waals surface area contributed by atoms with Gasteiger partial charge in [0.2, 0.25) is 0 Å². The summed E-state index contributed by atoms with van der Waals surface area (Å²) in [6.45, 7) is 0.840. The average Bonchev–Trinajstić information content (AvgIpc) is 2.90. The molecule has 0 aromatic carbocycles. The maximum absolute atomic E-state index is 12.3. The molecule has 0 bridgehead atoms. The molecule has 1 saturated heterocycles. The SMILES string of the molecule is CN(Cc1ncc[nH]1)C(=O)N1CCCCC1C(=O)O. The third-order valence-electron chi connectivity index (χ3n) is 3.30. The second-order valence-electron chi connectivity index (χ2n) is 4.72. The normalized spacial score (nSPS) is 19.2. The summed E-state index contributed by atoms with van der Waals surface area (Å²) in [4.78, 5) is 33.4. The molecule has 2 rings (SSSR count). The first kappa shape index (κ1) is 13.4. The number of amides is 2. The van der Waals surface area contributed by atoms with Crippen LogP contribution in [0, 0.1) is 0 Å². The number of carboxylic acid groups (broad SMARTS) is 1. The highest BCUT2D eigenvalue weighted by atomic mass is 16.4. The molecular weight excluding hydrogens is 248 g/mol. The zero-order valence-electron chi connectivity index (χ0n) is 10.9. The Bertz CT molecular complexity index is 446. The van der Waals surface area contributed by atoms with Crippen molar-refractivity contribution in [1.29, 1.82) is 0 Å². The van der Waals surface area contributed by atoms with E-state index in [1.807, 2.05) is 0 Å². The lowest BCUT2D eigenvalue weighted by Crippen LogP contribution is -2.52. The molecule has 2 amide bonds. The predicted octanol–water partition coefficient (Wildman–Crippen LogP) is 0.901. The molecule has 7 heteroatoms. The van der Waals surface area contributed by atoms with Crippen molar-refractivity contribution in [3.8, 4) is 0 Å². The minimum absolute atomic E-state index is 0.261. The van der Waals surface area contributed by atoms with Gasteiger partial charge in [0.1, 0.15) is 11.9 Å². The summed E-state index contributed by atoms with van der Waals surface area (Å²) in [7, 11) is 1.65. The molecule has 104 valence electrons. The van der Waals surface area contributed by atoms with E-state index in [0.29, 0.717) is 25.3 Å². The van der Waals surface area contributed by atoms with Crippen LogP contribution >= 0.6 is 0 Å². The Kier molecular flexibility index (Phi) is 4.03. The molecule has 0 aliphatic carbocycles. The van der Waals surface area contributed by atoms with E-state index in [1.165, 1.54) is 9.80 Å². The number of hydrogen-bond acceptors (Lipinski definition) is 3. The van der Waals surface area contributed by atoms with E-state index in [2.05, 4.69) is 9.97 Å². The summed E-state index contributed by atoms with van der Waals surface area (Å²) in [5, 5.41) is 9.17. The number of aromatic amines is 1. The first-order chi connectivity index (χ1) is 9.09. The number of piperidine rings is 1. The van der Waals surface area contributed by atoms with Gasteiger partial charge >= 0.3 is 12.0 Å². The van der Waals surface area contributed by atoms with E-state index in [0.717, 1.165) is 12.8 Å². The van der Waals surface area contributed by atoms with Crippen molar-refractivity contribution in [1.82, 2.24) is 19.8 Å². The molecule has 1 aromatic rings. The number of H-pyrrole nitrogens is 1. The Morgan fingerprint density at radius 1 is 1.58 bits per heavy atom. The molecular formula is C12H18N4O3. The summed E-state index contributed by atoms with van der Waals surface area (Å²) in [6, 6.07) is -0.969. The Hall–Kier alpha value is -2.05. The lowest BCUT2D eigenvalue weighted by atomic mass is 10.0. The Labute approximate surface area is 111 Å². The highest BCUT2D eigenvalue weighted by Gasteiger charge is 2.33. The van der Waals surface area contributed by atoms with Crippen LogP contribution in [0.5, 0.6) is 0 Å². The third-order valence-corrected chi connectivity index (χ3v) is 3.30. The van der Waals surface area contributed by atoms with Crippen LogP contribution in [-0.2, 0) is 11.3 Å². The topological polar surface area (TPSA) is 89.5 Å². The van der Waals surface area contributed by atoms with E-state index in [1.54, 1.807) is 19.4 Å². The van der Waals surface area contributed by atoms with Crippen LogP contribution in [0.4, 0.5) is 4.79 Å². The third kappa shape index (κ3) is 3.04. The number of carbonyl (C=O) groups excluding carboxylic acids is 1. The Morgan fingerprint density at radius 2 is 2.37 bits per heavy atom. The molecule has 2 heterocycles. The average molecular weight is 266 g/mol. The van der Waals surface area contributed by atoms with Gasteiger partial charge in [0.05, 0.1) is 6.54 Å². The highest BCUT2D eigenvalue weighted by molar-refractivity contribution is 5.82. The number of carboxylic acids is 1. The van der Waals surface area contributed by atoms with E-state index in [9.17, 15) is 9.59 Å². The van der Waals surface area contributed by atoms with Crippen molar-refractivity contribution < 1.29 is 14.7 Å². The lowest BCUT2D eigenvalue weighted by Gasteiger charge is -2.35. The fourth-order valence-electron chi connectivity index (χ4n) is 2.31. The molecule has 1 aliphatic rings. The number of imidazole rings is 1. The number of carbonyl (C=O) groups is 2. The molecule has 1 aliphatic heterocycles. The van der Waals surface area contributed by atoms with Crippen LogP contribution in [0.2, 0.25) is 0 Å². The van der Waals surface area contributed by atoms with Crippen molar-refractivity contribution in [3.05, 3.63) is 18.2 Å². The fraction of sp³-hybridized carbons (Fsp3) is 0.583. The van der Waals surface area contributed by atoms with Crippen molar-refractivity contribution in [2.45, 2.75) is 31.8 Å². The molecule has 7 nitrogen and oxygen atoms in total. The standard InChI is InChI=1S/C12H18N4O3/c1-15(8-10-13-5-6-14-10)12(19)16-7-3-2-4-9(16)11(17)18/h5-6,9H,2-4,7-8H2,1H3,(H,13,14)(H,17,18). The van der Waals surface area contributed by atoms with Crippen LogP contribution in [-0.4, -0.2) is 56.5 Å².